The highest BCUT2D eigenvalue weighted by molar-refractivity contribution is 6.74. The number of alkyl carbamates (subject to hydrolysis) is 1. The summed E-state index contributed by atoms with van der Waals surface area (Å²) in [6.45, 7) is 24.1. The molecule has 3 aromatic rings. The van der Waals surface area contributed by atoms with E-state index in [1.54, 1.807) is 45.3 Å². The minimum Gasteiger partial charge on any atom is -0.444 e. The SMILES string of the molecule is C[C@H]1CN(c2ccncc2NC(=O)c2c(NC(=O)OC(C)(C)C)oc3cc(CCCF)cnc23)C[C@@H](NC(=O)OC(C)(C)C)[C@@H]1O[Si](C)(C)C(C)(C)C. The van der Waals surface area contributed by atoms with Gasteiger partial charge in [0.2, 0.25) is 5.88 Å². The van der Waals surface area contributed by atoms with Crippen LogP contribution in [0.15, 0.2) is 35.1 Å². The largest absolute Gasteiger partial charge is 0.444 e. The van der Waals surface area contributed by atoms with E-state index in [9.17, 15) is 18.8 Å². The quantitative estimate of drug-likeness (QED) is 0.172. The fourth-order valence-electron chi connectivity index (χ4n) is 5.83. The van der Waals surface area contributed by atoms with Crippen molar-refractivity contribution in [2.45, 2.75) is 124 Å². The number of alkyl halides is 1. The second-order valence-electron chi connectivity index (χ2n) is 17.2. The average molecular weight is 757 g/mol. The number of anilines is 3. The Morgan fingerprint density at radius 1 is 0.981 bits per heavy atom. The van der Waals surface area contributed by atoms with Gasteiger partial charge >= 0.3 is 12.2 Å². The minimum absolute atomic E-state index is 0.0166. The first-order valence-corrected chi connectivity index (χ1v) is 21.0. The highest BCUT2D eigenvalue weighted by Crippen LogP contribution is 2.40. The molecular weight excluding hydrogens is 700 g/mol. The van der Waals surface area contributed by atoms with Crippen LogP contribution in [0.2, 0.25) is 18.1 Å². The summed E-state index contributed by atoms with van der Waals surface area (Å²) in [5.74, 6) is -0.792. The molecule has 0 bridgehead atoms. The first kappa shape index (κ1) is 41.5. The summed E-state index contributed by atoms with van der Waals surface area (Å²) >= 11 is 0. The normalized spacial score (nSPS) is 18.4. The van der Waals surface area contributed by atoms with Gasteiger partial charge in [-0.2, -0.15) is 0 Å². The maximum absolute atomic E-state index is 14.2. The fourth-order valence-corrected chi connectivity index (χ4v) is 7.26. The summed E-state index contributed by atoms with van der Waals surface area (Å²) in [6.07, 6.45) is 3.82. The number of carbonyl (C=O) groups excluding carboxylic acids is 3. The molecule has 4 heterocycles. The molecule has 3 N–H and O–H groups in total. The summed E-state index contributed by atoms with van der Waals surface area (Å²) in [5, 5.41) is 8.56. The topological polar surface area (TPSA) is 157 Å². The van der Waals surface area contributed by atoms with E-state index in [0.29, 0.717) is 37.3 Å². The van der Waals surface area contributed by atoms with Gasteiger partial charge in [-0.15, -0.1) is 0 Å². The summed E-state index contributed by atoms with van der Waals surface area (Å²) in [4.78, 5) is 51.0. The number of hydrogen-bond acceptors (Lipinski definition) is 10. The van der Waals surface area contributed by atoms with Crippen LogP contribution < -0.4 is 20.9 Å². The molecule has 13 nitrogen and oxygen atoms in total. The van der Waals surface area contributed by atoms with Gasteiger partial charge in [0.25, 0.3) is 5.91 Å². The molecule has 4 rings (SSSR count). The number of hydrogen-bond donors (Lipinski definition) is 3. The number of fused-ring (bicyclic) bond motifs is 1. The van der Waals surface area contributed by atoms with E-state index >= 15 is 0 Å². The second-order valence-corrected chi connectivity index (χ2v) is 22.0. The van der Waals surface area contributed by atoms with Gasteiger partial charge in [0.05, 0.1) is 36.4 Å². The van der Waals surface area contributed by atoms with E-state index in [1.165, 1.54) is 6.20 Å². The van der Waals surface area contributed by atoms with Crippen LogP contribution in [0.5, 0.6) is 0 Å². The average Bonchev–Trinajstić information content (AvgIpc) is 3.36. The molecule has 0 aliphatic carbocycles. The third kappa shape index (κ3) is 10.9. The highest BCUT2D eigenvalue weighted by Gasteiger charge is 2.45. The monoisotopic (exact) mass is 756 g/mol. The standard InChI is InChI=1S/C38H57FN6O7Si/c1-23-21-45(22-26(43-34(47)50-36(2,3)4)31(23)52-53(11,12)38(8,9)10)27-15-17-40-20-25(27)42-32(46)29-30-28(18-24(19-41-30)14-13-16-39)49-33(29)44-35(48)51-37(5,6)7/h15,17-20,23,26,31H,13-14,16,21-22H2,1-12H3,(H,42,46)(H,43,47)(H,44,48)/t23-,26+,31+/m0/s1. The van der Waals surface area contributed by atoms with Crippen molar-refractivity contribution in [3.63, 3.8) is 0 Å². The van der Waals surface area contributed by atoms with Crippen molar-refractivity contribution in [1.29, 1.82) is 0 Å². The number of aryl methyl sites for hydroxylation is 1. The third-order valence-electron chi connectivity index (χ3n) is 9.23. The van der Waals surface area contributed by atoms with Crippen molar-refractivity contribution in [2.24, 2.45) is 5.92 Å². The Labute approximate surface area is 313 Å². The minimum atomic E-state index is -2.25. The number of amides is 3. The van der Waals surface area contributed by atoms with Gasteiger partial charge in [0.1, 0.15) is 22.3 Å². The number of nitrogens with zero attached hydrogens (tertiary/aromatic N) is 3. The summed E-state index contributed by atoms with van der Waals surface area (Å²) < 4.78 is 36.9. The zero-order valence-corrected chi connectivity index (χ0v) is 34.2. The Balaban J connectivity index is 1.68. The molecule has 1 saturated heterocycles. The maximum atomic E-state index is 14.2. The molecule has 1 aliphatic heterocycles. The zero-order valence-electron chi connectivity index (χ0n) is 33.2. The van der Waals surface area contributed by atoms with E-state index in [4.69, 9.17) is 18.3 Å². The van der Waals surface area contributed by atoms with Crippen LogP contribution >= 0.6 is 0 Å². The summed E-state index contributed by atoms with van der Waals surface area (Å²) in [7, 11) is -2.25. The smallest absolute Gasteiger partial charge is 0.414 e. The Kier molecular flexibility index (Phi) is 12.5. The Morgan fingerprint density at radius 3 is 2.26 bits per heavy atom. The van der Waals surface area contributed by atoms with E-state index in [0.717, 1.165) is 5.56 Å². The number of carbonyl (C=O) groups is 3. The predicted molar refractivity (Wildman–Crippen MR) is 207 cm³/mol. The molecule has 3 atom stereocenters. The predicted octanol–water partition coefficient (Wildman–Crippen LogP) is 8.46. The van der Waals surface area contributed by atoms with Gasteiger partial charge < -0.3 is 33.9 Å². The second kappa shape index (κ2) is 16.0. The molecule has 53 heavy (non-hydrogen) atoms. The number of furan rings is 1. The van der Waals surface area contributed by atoms with Gasteiger partial charge in [0, 0.05) is 31.4 Å². The van der Waals surface area contributed by atoms with Crippen molar-refractivity contribution in [2.75, 3.05) is 35.3 Å². The lowest BCUT2D eigenvalue weighted by atomic mass is 9.92. The lowest BCUT2D eigenvalue weighted by molar-refractivity contribution is 0.0336. The molecule has 0 spiro atoms. The number of nitrogens with one attached hydrogen (secondary N) is 3. The Morgan fingerprint density at radius 2 is 1.64 bits per heavy atom. The van der Waals surface area contributed by atoms with Gasteiger partial charge in [-0.25, -0.2) is 9.59 Å². The Hall–Kier alpha value is -4.24. The molecule has 3 amide bonds. The lowest BCUT2D eigenvalue weighted by Crippen LogP contribution is -2.63. The molecule has 0 aromatic carbocycles. The third-order valence-corrected chi connectivity index (χ3v) is 13.7. The molecule has 0 unspecified atom stereocenters. The number of halogens is 1. The molecule has 1 aliphatic rings. The van der Waals surface area contributed by atoms with Gasteiger partial charge in [-0.3, -0.25) is 24.5 Å². The lowest BCUT2D eigenvalue weighted by Gasteiger charge is -2.48. The summed E-state index contributed by atoms with van der Waals surface area (Å²) in [6, 6.07) is 3.03. The van der Waals surface area contributed by atoms with Crippen LogP contribution in [-0.4, -0.2) is 79.5 Å². The van der Waals surface area contributed by atoms with E-state index in [1.807, 2.05) is 20.8 Å². The van der Waals surface area contributed by atoms with Crippen molar-refractivity contribution in [1.82, 2.24) is 15.3 Å². The molecular formula is C38H57FN6O7Si. The molecule has 292 valence electrons. The first-order chi connectivity index (χ1) is 24.5. The van der Waals surface area contributed by atoms with Gasteiger partial charge in [-0.05, 0) is 90.2 Å². The van der Waals surface area contributed by atoms with Crippen LogP contribution in [-0.2, 0) is 20.3 Å². The zero-order chi connectivity index (χ0) is 39.5. The molecule has 0 radical (unpaired) electrons. The van der Waals surface area contributed by atoms with Crippen LogP contribution in [0, 0.1) is 5.92 Å². The van der Waals surface area contributed by atoms with Crippen LogP contribution in [0.3, 0.4) is 0 Å². The Bertz CT molecular complexity index is 1780. The summed E-state index contributed by atoms with van der Waals surface area (Å²) in [5.41, 5.74) is 0.717. The molecule has 3 aromatic heterocycles. The molecule has 0 saturated carbocycles. The van der Waals surface area contributed by atoms with Crippen LogP contribution in [0.4, 0.5) is 31.2 Å². The number of piperidine rings is 1. The van der Waals surface area contributed by atoms with E-state index in [2.05, 4.69) is 71.6 Å². The first-order valence-electron chi connectivity index (χ1n) is 18.1. The van der Waals surface area contributed by atoms with E-state index < -0.39 is 50.3 Å². The van der Waals surface area contributed by atoms with Crippen LogP contribution in [0.1, 0.15) is 91.6 Å². The highest BCUT2D eigenvalue weighted by atomic mass is 28.4. The molecule has 1 fully saturated rings. The number of pyridine rings is 2. The van der Waals surface area contributed by atoms with Crippen molar-refractivity contribution in [3.05, 3.63) is 41.9 Å². The number of aromatic nitrogens is 2. The number of ether oxygens (including phenoxy) is 2. The van der Waals surface area contributed by atoms with Gasteiger partial charge in [-0.1, -0.05) is 27.7 Å². The fraction of sp³-hybridized carbons (Fsp3) is 0.605. The van der Waals surface area contributed by atoms with Crippen molar-refractivity contribution in [3.8, 4) is 0 Å². The van der Waals surface area contributed by atoms with E-state index in [-0.39, 0.29) is 39.6 Å². The van der Waals surface area contributed by atoms with Crippen molar-refractivity contribution < 1.29 is 37.1 Å². The molecule has 15 heteroatoms. The van der Waals surface area contributed by atoms with Gasteiger partial charge in [0.15, 0.2) is 13.9 Å². The maximum Gasteiger partial charge on any atom is 0.414 e. The van der Waals surface area contributed by atoms with Crippen molar-refractivity contribution >= 4 is 54.8 Å². The number of rotatable bonds is 10. The van der Waals surface area contributed by atoms with Crippen LogP contribution in [0.25, 0.3) is 11.1 Å².